The zero-order chi connectivity index (χ0) is 33.2. The molecule has 5 rings (SSSR count). The monoisotopic (exact) mass is 647 g/mol. The summed E-state index contributed by atoms with van der Waals surface area (Å²) in [6.45, 7) is 6.72. The third kappa shape index (κ3) is 9.85. The van der Waals surface area contributed by atoms with Crippen LogP contribution in [0.5, 0.6) is 0 Å². The smallest absolute Gasteiger partial charge is 0.411 e. The van der Waals surface area contributed by atoms with Crippen molar-refractivity contribution in [2.45, 2.75) is 89.4 Å². The van der Waals surface area contributed by atoms with Crippen molar-refractivity contribution >= 4 is 12.1 Å². The van der Waals surface area contributed by atoms with E-state index in [1.165, 1.54) is 12.0 Å². The zero-order valence-electron chi connectivity index (χ0n) is 27.5. The van der Waals surface area contributed by atoms with E-state index in [4.69, 9.17) is 33.2 Å². The van der Waals surface area contributed by atoms with Crippen molar-refractivity contribution < 1.29 is 42.7 Å². The van der Waals surface area contributed by atoms with E-state index in [-0.39, 0.29) is 19.6 Å². The molecule has 10 nitrogen and oxygen atoms in total. The van der Waals surface area contributed by atoms with Gasteiger partial charge >= 0.3 is 12.1 Å². The van der Waals surface area contributed by atoms with Crippen LogP contribution in [-0.2, 0) is 57.8 Å². The van der Waals surface area contributed by atoms with Crippen LogP contribution < -0.4 is 0 Å². The average Bonchev–Trinajstić information content (AvgIpc) is 3.64. The first-order chi connectivity index (χ1) is 22.7. The lowest BCUT2D eigenvalue weighted by molar-refractivity contribution is -0.204. The molecule has 10 heteroatoms. The largest absolute Gasteiger partial charge is 0.467 e. The summed E-state index contributed by atoms with van der Waals surface area (Å²) >= 11 is 0. The molecule has 6 atom stereocenters. The molecule has 0 saturated carbocycles. The summed E-state index contributed by atoms with van der Waals surface area (Å²) in [4.78, 5) is 27.2. The first-order valence-electron chi connectivity index (χ1n) is 16.0. The SMILES string of the molecule is COC(=O)[C@@H]1C[C@@H](O[C@@H]2O[C@H](COCc3ccccc3)[C@@H](OCc3ccccc3)[C@@H]2OCc2ccccc2)CN1C(=O)OC(C)(C)C. The van der Waals surface area contributed by atoms with Gasteiger partial charge in [-0.05, 0) is 37.5 Å². The van der Waals surface area contributed by atoms with Crippen LogP contribution in [-0.4, -0.2) is 79.6 Å². The molecule has 0 bridgehead atoms. The Labute approximate surface area is 276 Å². The molecule has 2 aliphatic rings. The highest BCUT2D eigenvalue weighted by molar-refractivity contribution is 5.82. The summed E-state index contributed by atoms with van der Waals surface area (Å²) in [6.07, 6.45) is -3.53. The highest BCUT2D eigenvalue weighted by Crippen LogP contribution is 2.33. The molecular weight excluding hydrogens is 602 g/mol. The minimum atomic E-state index is -0.869. The quantitative estimate of drug-likeness (QED) is 0.217. The lowest BCUT2D eigenvalue weighted by Gasteiger charge is -2.27. The Bertz CT molecular complexity index is 1400. The lowest BCUT2D eigenvalue weighted by atomic mass is 10.1. The highest BCUT2D eigenvalue weighted by Gasteiger charge is 2.50. The summed E-state index contributed by atoms with van der Waals surface area (Å²) in [6, 6.07) is 28.8. The van der Waals surface area contributed by atoms with Crippen molar-refractivity contribution in [1.82, 2.24) is 4.90 Å². The fourth-order valence-electron chi connectivity index (χ4n) is 5.68. The third-order valence-electron chi connectivity index (χ3n) is 7.92. The second-order valence-corrected chi connectivity index (χ2v) is 12.7. The van der Waals surface area contributed by atoms with E-state index in [1.807, 2.05) is 91.0 Å². The maximum Gasteiger partial charge on any atom is 0.411 e. The van der Waals surface area contributed by atoms with Crippen molar-refractivity contribution in [2.75, 3.05) is 20.3 Å². The average molecular weight is 648 g/mol. The van der Waals surface area contributed by atoms with Crippen LogP contribution in [0.4, 0.5) is 4.79 Å². The molecule has 0 radical (unpaired) electrons. The van der Waals surface area contributed by atoms with Gasteiger partial charge in [-0.15, -0.1) is 0 Å². The minimum Gasteiger partial charge on any atom is -0.467 e. The molecule has 2 heterocycles. The van der Waals surface area contributed by atoms with Crippen LogP contribution in [0, 0.1) is 0 Å². The molecule has 47 heavy (non-hydrogen) atoms. The fraction of sp³-hybridized carbons (Fsp3) is 0.459. The van der Waals surface area contributed by atoms with Gasteiger partial charge in [0.05, 0.1) is 46.2 Å². The predicted molar refractivity (Wildman–Crippen MR) is 173 cm³/mol. The molecule has 252 valence electrons. The number of carbonyl (C=O) groups excluding carboxylic acids is 2. The molecule has 0 aliphatic carbocycles. The number of likely N-dealkylation sites (tertiary alicyclic amines) is 1. The van der Waals surface area contributed by atoms with Gasteiger partial charge in [0.2, 0.25) is 0 Å². The van der Waals surface area contributed by atoms with Gasteiger partial charge in [-0.2, -0.15) is 0 Å². The van der Waals surface area contributed by atoms with E-state index >= 15 is 0 Å². The van der Waals surface area contributed by atoms with Gasteiger partial charge in [0.15, 0.2) is 6.29 Å². The number of benzene rings is 3. The molecule has 2 saturated heterocycles. The summed E-state index contributed by atoms with van der Waals surface area (Å²) < 4.78 is 42.8. The van der Waals surface area contributed by atoms with Gasteiger partial charge in [-0.25, -0.2) is 9.59 Å². The molecule has 3 aromatic carbocycles. The van der Waals surface area contributed by atoms with Gasteiger partial charge in [0, 0.05) is 6.42 Å². The Hall–Kier alpha value is -3.80. The van der Waals surface area contributed by atoms with Gasteiger partial charge < -0.3 is 33.2 Å². The van der Waals surface area contributed by atoms with E-state index in [0.29, 0.717) is 19.8 Å². The maximum atomic E-state index is 13.1. The van der Waals surface area contributed by atoms with Crippen LogP contribution in [0.25, 0.3) is 0 Å². The topological polar surface area (TPSA) is 102 Å². The molecule has 0 N–H and O–H groups in total. The molecule has 1 amide bonds. The van der Waals surface area contributed by atoms with Crippen molar-refractivity contribution in [1.29, 1.82) is 0 Å². The van der Waals surface area contributed by atoms with E-state index in [2.05, 4.69) is 0 Å². The Balaban J connectivity index is 1.36. The van der Waals surface area contributed by atoms with E-state index in [1.54, 1.807) is 20.8 Å². The van der Waals surface area contributed by atoms with Crippen molar-refractivity contribution in [3.63, 3.8) is 0 Å². The van der Waals surface area contributed by atoms with Crippen molar-refractivity contribution in [3.8, 4) is 0 Å². The number of carbonyl (C=O) groups is 2. The number of nitrogens with zero attached hydrogens (tertiary/aromatic N) is 1. The Morgan fingerprint density at radius 1 is 0.787 bits per heavy atom. The summed E-state index contributed by atoms with van der Waals surface area (Å²) in [7, 11) is 1.30. The fourth-order valence-corrected chi connectivity index (χ4v) is 5.68. The molecule has 0 aromatic heterocycles. The maximum absolute atomic E-state index is 13.1. The van der Waals surface area contributed by atoms with E-state index < -0.39 is 54.4 Å². The molecule has 2 fully saturated rings. The normalized spacial score (nSPS) is 24.3. The second-order valence-electron chi connectivity index (χ2n) is 12.7. The Morgan fingerprint density at radius 2 is 1.32 bits per heavy atom. The van der Waals surface area contributed by atoms with E-state index in [0.717, 1.165) is 16.7 Å². The number of rotatable bonds is 13. The van der Waals surface area contributed by atoms with Gasteiger partial charge in [-0.1, -0.05) is 91.0 Å². The van der Waals surface area contributed by atoms with Crippen molar-refractivity contribution in [2.24, 2.45) is 0 Å². The predicted octanol–water partition coefficient (Wildman–Crippen LogP) is 5.67. The second kappa shape index (κ2) is 16.3. The number of amides is 1. The number of hydrogen-bond acceptors (Lipinski definition) is 9. The summed E-state index contributed by atoms with van der Waals surface area (Å²) in [5.74, 6) is -0.539. The summed E-state index contributed by atoms with van der Waals surface area (Å²) in [5, 5.41) is 0. The number of ether oxygens (including phenoxy) is 7. The molecule has 0 spiro atoms. The number of hydrogen-bond donors (Lipinski definition) is 0. The first-order valence-corrected chi connectivity index (χ1v) is 16.0. The Kier molecular flexibility index (Phi) is 12.0. The van der Waals surface area contributed by atoms with Crippen LogP contribution in [0.2, 0.25) is 0 Å². The highest BCUT2D eigenvalue weighted by atomic mass is 16.7. The molecule has 3 aromatic rings. The first kappa shape index (κ1) is 34.5. The number of esters is 1. The van der Waals surface area contributed by atoms with Crippen molar-refractivity contribution in [3.05, 3.63) is 108 Å². The van der Waals surface area contributed by atoms with Crippen LogP contribution >= 0.6 is 0 Å². The van der Waals surface area contributed by atoms with Gasteiger partial charge in [-0.3, -0.25) is 4.90 Å². The molecular formula is C37H45NO9. The zero-order valence-corrected chi connectivity index (χ0v) is 27.5. The van der Waals surface area contributed by atoms with E-state index in [9.17, 15) is 9.59 Å². The number of methoxy groups -OCH3 is 1. The van der Waals surface area contributed by atoms with Gasteiger partial charge in [0.25, 0.3) is 0 Å². The molecule has 2 aliphatic heterocycles. The van der Waals surface area contributed by atoms with Crippen LogP contribution in [0.15, 0.2) is 91.0 Å². The van der Waals surface area contributed by atoms with Crippen LogP contribution in [0.3, 0.4) is 0 Å². The standard InChI is InChI=1S/C37H45NO9/c1-37(2,3)47-36(40)38-21-29(20-30(38)34(39)41-4)45-35-33(44-24-28-18-12-7-13-19-28)32(43-23-27-16-10-6-11-17-27)31(46-35)25-42-22-26-14-8-5-9-15-26/h5-19,29-33,35H,20-25H2,1-4H3/t29-,30+,31-,32-,33+,35-/m1/s1. The third-order valence-corrected chi connectivity index (χ3v) is 7.92. The van der Waals surface area contributed by atoms with Crippen LogP contribution in [0.1, 0.15) is 43.9 Å². The summed E-state index contributed by atoms with van der Waals surface area (Å²) in [5.41, 5.74) is 2.30. The van der Waals surface area contributed by atoms with Gasteiger partial charge in [0.1, 0.15) is 30.0 Å². The minimum absolute atomic E-state index is 0.116. The molecule has 0 unspecified atom stereocenters. The lowest BCUT2D eigenvalue weighted by Crippen LogP contribution is -2.44. The Morgan fingerprint density at radius 3 is 1.85 bits per heavy atom.